The van der Waals surface area contributed by atoms with Gasteiger partial charge in [0.2, 0.25) is 0 Å². The van der Waals surface area contributed by atoms with Crippen LogP contribution < -0.4 is 0 Å². The molecule has 0 amide bonds. The fourth-order valence-electron chi connectivity index (χ4n) is 0.654. The normalized spacial score (nSPS) is 11.5. The van der Waals surface area contributed by atoms with Gasteiger partial charge in [-0.05, 0) is 12.0 Å². The first-order valence-electron chi connectivity index (χ1n) is 3.45. The molecule has 10 heavy (non-hydrogen) atoms. The van der Waals surface area contributed by atoms with E-state index in [1.165, 1.54) is 0 Å². The standard InChI is InChI=1S/C8H12N2/c1-7(2)3-4-8-5-9-6-10-8/h3-7H,1-2H3,(H,9,10)/b4-3+. The van der Waals surface area contributed by atoms with Gasteiger partial charge < -0.3 is 4.98 Å². The van der Waals surface area contributed by atoms with E-state index in [1.807, 2.05) is 6.08 Å². The summed E-state index contributed by atoms with van der Waals surface area (Å²) in [6.45, 7) is 4.29. The predicted molar refractivity (Wildman–Crippen MR) is 42.5 cm³/mol. The topological polar surface area (TPSA) is 28.7 Å². The third-order valence-electron chi connectivity index (χ3n) is 1.18. The third-order valence-corrected chi connectivity index (χ3v) is 1.18. The molecule has 0 aromatic carbocycles. The van der Waals surface area contributed by atoms with E-state index >= 15 is 0 Å². The molecule has 0 radical (unpaired) electrons. The zero-order valence-electron chi connectivity index (χ0n) is 6.33. The number of nitrogens with zero attached hydrogens (tertiary/aromatic N) is 1. The lowest BCUT2D eigenvalue weighted by atomic mass is 10.2. The lowest BCUT2D eigenvalue weighted by Gasteiger charge is -1.90. The fraction of sp³-hybridized carbons (Fsp3) is 0.375. The minimum absolute atomic E-state index is 0.600. The molecule has 1 aromatic heterocycles. The minimum Gasteiger partial charge on any atom is -0.345 e. The Bertz CT molecular complexity index is 197. The van der Waals surface area contributed by atoms with Crippen LogP contribution in [0.15, 0.2) is 18.6 Å². The van der Waals surface area contributed by atoms with Crippen molar-refractivity contribution in [1.29, 1.82) is 0 Å². The number of rotatable bonds is 2. The van der Waals surface area contributed by atoms with Gasteiger partial charge in [0.25, 0.3) is 0 Å². The molecule has 1 aromatic rings. The molecule has 0 bridgehead atoms. The number of allylic oxidation sites excluding steroid dienone is 1. The second-order valence-electron chi connectivity index (χ2n) is 2.61. The van der Waals surface area contributed by atoms with Crippen molar-refractivity contribution in [2.24, 2.45) is 5.92 Å². The van der Waals surface area contributed by atoms with Gasteiger partial charge in [0.15, 0.2) is 0 Å². The maximum atomic E-state index is 3.89. The Kier molecular flexibility index (Phi) is 2.26. The maximum absolute atomic E-state index is 3.89. The van der Waals surface area contributed by atoms with Crippen LogP contribution in [0.2, 0.25) is 0 Å². The lowest BCUT2D eigenvalue weighted by molar-refractivity contribution is 0.836. The molecule has 1 N–H and O–H groups in total. The van der Waals surface area contributed by atoms with Crippen molar-refractivity contribution in [3.8, 4) is 0 Å². The predicted octanol–water partition coefficient (Wildman–Crippen LogP) is 2.08. The first-order chi connectivity index (χ1) is 4.79. The van der Waals surface area contributed by atoms with Crippen LogP contribution in [0.5, 0.6) is 0 Å². The summed E-state index contributed by atoms with van der Waals surface area (Å²) in [7, 11) is 0. The van der Waals surface area contributed by atoms with Crippen LogP contribution in [-0.4, -0.2) is 9.97 Å². The molecule has 2 heteroatoms. The van der Waals surface area contributed by atoms with Crippen molar-refractivity contribution in [2.45, 2.75) is 13.8 Å². The summed E-state index contributed by atoms with van der Waals surface area (Å²) in [5, 5.41) is 0. The average Bonchev–Trinajstić information content (AvgIpc) is 2.34. The number of nitrogens with one attached hydrogen (secondary N) is 1. The van der Waals surface area contributed by atoms with Crippen LogP contribution in [0.25, 0.3) is 6.08 Å². The molecule has 54 valence electrons. The van der Waals surface area contributed by atoms with Gasteiger partial charge in [0.1, 0.15) is 0 Å². The van der Waals surface area contributed by atoms with Gasteiger partial charge in [-0.25, -0.2) is 4.98 Å². The van der Waals surface area contributed by atoms with Crippen molar-refractivity contribution in [2.75, 3.05) is 0 Å². The first-order valence-corrected chi connectivity index (χ1v) is 3.45. The molecule has 0 atom stereocenters. The summed E-state index contributed by atoms with van der Waals surface area (Å²) in [5.41, 5.74) is 1.06. The molecule has 1 heterocycles. The second-order valence-corrected chi connectivity index (χ2v) is 2.61. The van der Waals surface area contributed by atoms with E-state index in [1.54, 1.807) is 12.5 Å². The Morgan fingerprint density at radius 2 is 2.40 bits per heavy atom. The number of aromatic amines is 1. The fourth-order valence-corrected chi connectivity index (χ4v) is 0.654. The summed E-state index contributed by atoms with van der Waals surface area (Å²) in [4.78, 5) is 6.89. The van der Waals surface area contributed by atoms with Gasteiger partial charge in [0.05, 0.1) is 18.2 Å². The summed E-state index contributed by atoms with van der Waals surface area (Å²) >= 11 is 0. The average molecular weight is 136 g/mol. The summed E-state index contributed by atoms with van der Waals surface area (Å²) in [5.74, 6) is 0.600. The van der Waals surface area contributed by atoms with E-state index < -0.39 is 0 Å². The summed E-state index contributed by atoms with van der Waals surface area (Å²) < 4.78 is 0. The van der Waals surface area contributed by atoms with Crippen LogP contribution in [0, 0.1) is 5.92 Å². The van der Waals surface area contributed by atoms with E-state index in [4.69, 9.17) is 0 Å². The number of hydrogen-bond acceptors (Lipinski definition) is 1. The SMILES string of the molecule is CC(C)/C=C/c1cnc[nH]1. The molecule has 0 aliphatic rings. The van der Waals surface area contributed by atoms with Gasteiger partial charge in [0, 0.05) is 0 Å². The van der Waals surface area contributed by atoms with E-state index in [0.717, 1.165) is 5.69 Å². The molecule has 0 aliphatic heterocycles. The van der Waals surface area contributed by atoms with Gasteiger partial charge >= 0.3 is 0 Å². The van der Waals surface area contributed by atoms with E-state index in [-0.39, 0.29) is 0 Å². The van der Waals surface area contributed by atoms with Crippen molar-refractivity contribution < 1.29 is 0 Å². The molecule has 0 spiro atoms. The highest BCUT2D eigenvalue weighted by atomic mass is 14.8. The number of aromatic nitrogens is 2. The Hall–Kier alpha value is -1.05. The highest BCUT2D eigenvalue weighted by Gasteiger charge is 1.86. The number of H-pyrrole nitrogens is 1. The summed E-state index contributed by atoms with van der Waals surface area (Å²) in [6.07, 6.45) is 7.66. The third kappa shape index (κ3) is 2.05. The molecule has 0 unspecified atom stereocenters. The molecular formula is C8H12N2. The van der Waals surface area contributed by atoms with Gasteiger partial charge in [-0.1, -0.05) is 19.9 Å². The molecule has 2 nitrogen and oxygen atoms in total. The van der Waals surface area contributed by atoms with Crippen molar-refractivity contribution in [3.05, 3.63) is 24.3 Å². The highest BCUT2D eigenvalue weighted by molar-refractivity contribution is 5.42. The zero-order chi connectivity index (χ0) is 7.40. The smallest absolute Gasteiger partial charge is 0.0924 e. The van der Waals surface area contributed by atoms with Crippen LogP contribution in [0.3, 0.4) is 0 Å². The van der Waals surface area contributed by atoms with Crippen LogP contribution in [0.1, 0.15) is 19.5 Å². The van der Waals surface area contributed by atoms with Crippen LogP contribution in [-0.2, 0) is 0 Å². The van der Waals surface area contributed by atoms with Gasteiger partial charge in [-0.2, -0.15) is 0 Å². The van der Waals surface area contributed by atoms with E-state index in [2.05, 4.69) is 29.9 Å². The monoisotopic (exact) mass is 136 g/mol. The molecule has 0 aliphatic carbocycles. The van der Waals surface area contributed by atoms with Gasteiger partial charge in [-0.3, -0.25) is 0 Å². The molecular weight excluding hydrogens is 124 g/mol. The van der Waals surface area contributed by atoms with E-state index in [0.29, 0.717) is 5.92 Å². The minimum atomic E-state index is 0.600. The van der Waals surface area contributed by atoms with E-state index in [9.17, 15) is 0 Å². The zero-order valence-corrected chi connectivity index (χ0v) is 6.33. The van der Waals surface area contributed by atoms with Crippen molar-refractivity contribution >= 4 is 6.08 Å². The van der Waals surface area contributed by atoms with Crippen molar-refractivity contribution in [1.82, 2.24) is 9.97 Å². The maximum Gasteiger partial charge on any atom is 0.0924 e. The summed E-state index contributed by atoms with van der Waals surface area (Å²) in [6, 6.07) is 0. The second kappa shape index (κ2) is 3.20. The Morgan fingerprint density at radius 1 is 1.60 bits per heavy atom. The lowest BCUT2D eigenvalue weighted by Crippen LogP contribution is -1.76. The Labute approximate surface area is 61.0 Å². The molecule has 0 saturated heterocycles. The van der Waals surface area contributed by atoms with Gasteiger partial charge in [-0.15, -0.1) is 0 Å². The first kappa shape index (κ1) is 7.06. The largest absolute Gasteiger partial charge is 0.345 e. The quantitative estimate of drug-likeness (QED) is 0.662. The molecule has 0 fully saturated rings. The molecule has 0 saturated carbocycles. The van der Waals surface area contributed by atoms with Crippen LogP contribution >= 0.6 is 0 Å². The Morgan fingerprint density at radius 3 is 2.90 bits per heavy atom. The molecule has 1 rings (SSSR count). The number of imidazole rings is 1. The number of hydrogen-bond donors (Lipinski definition) is 1. The highest BCUT2D eigenvalue weighted by Crippen LogP contribution is 1.99. The van der Waals surface area contributed by atoms with Crippen molar-refractivity contribution in [3.63, 3.8) is 0 Å². The Balaban J connectivity index is 2.55. The van der Waals surface area contributed by atoms with Crippen LogP contribution in [0.4, 0.5) is 0 Å².